The molecule has 0 saturated carbocycles. The lowest BCUT2D eigenvalue weighted by atomic mass is 10.2. The van der Waals surface area contributed by atoms with E-state index in [1.165, 1.54) is 11.3 Å². The third-order valence-corrected chi connectivity index (χ3v) is 2.18. The summed E-state index contributed by atoms with van der Waals surface area (Å²) in [5, 5.41) is 0. The first-order chi connectivity index (χ1) is 6.36. The lowest BCUT2D eigenvalue weighted by Gasteiger charge is -2.20. The zero-order valence-electron chi connectivity index (χ0n) is 7.77. The molecule has 0 amide bonds. The molecular weight excluding hydrogens is 158 g/mol. The van der Waals surface area contributed by atoms with Gasteiger partial charge in [-0.1, -0.05) is 29.8 Å². The predicted octanol–water partition coefficient (Wildman–Crippen LogP) is 2.88. The van der Waals surface area contributed by atoms with Crippen LogP contribution >= 0.6 is 0 Å². The summed E-state index contributed by atoms with van der Waals surface area (Å²) >= 11 is 0. The zero-order valence-corrected chi connectivity index (χ0v) is 7.77. The van der Waals surface area contributed by atoms with Crippen LogP contribution in [0.15, 0.2) is 48.7 Å². The van der Waals surface area contributed by atoms with Gasteiger partial charge in [0.2, 0.25) is 0 Å². The first-order valence-corrected chi connectivity index (χ1v) is 4.53. The van der Waals surface area contributed by atoms with Crippen LogP contribution in [0.25, 0.3) is 0 Å². The molecule has 0 fully saturated rings. The van der Waals surface area contributed by atoms with Crippen molar-refractivity contribution in [3.8, 4) is 0 Å². The summed E-state index contributed by atoms with van der Waals surface area (Å²) in [5.74, 6) is 0. The maximum Gasteiger partial charge on any atom is 0.0409 e. The number of hydrogen-bond donors (Lipinski definition) is 0. The van der Waals surface area contributed by atoms with E-state index in [0.29, 0.717) is 0 Å². The highest BCUT2D eigenvalue weighted by Crippen LogP contribution is 2.16. The number of allylic oxidation sites excluding steroid dienone is 2. The highest BCUT2D eigenvalue weighted by Gasteiger charge is 2.01. The molecule has 2 rings (SSSR count). The van der Waals surface area contributed by atoms with Crippen molar-refractivity contribution in [1.29, 1.82) is 0 Å². The van der Waals surface area contributed by atoms with Gasteiger partial charge in [-0.05, 0) is 25.1 Å². The lowest BCUT2D eigenvalue weighted by molar-refractivity contribution is 1.07. The molecule has 1 heterocycles. The van der Waals surface area contributed by atoms with E-state index in [1.807, 2.05) is 0 Å². The van der Waals surface area contributed by atoms with Crippen molar-refractivity contribution >= 4 is 5.69 Å². The van der Waals surface area contributed by atoms with E-state index in [9.17, 15) is 0 Å². The number of nitrogens with zero attached hydrogens (tertiary/aromatic N) is 1. The molecule has 0 N–H and O–H groups in total. The SMILES string of the molecule is Cc1ccc(N2C=CC=CC2)cc1. The number of aryl methyl sites for hydroxylation is 1. The summed E-state index contributed by atoms with van der Waals surface area (Å²) in [6, 6.07) is 8.58. The molecule has 1 aromatic rings. The minimum absolute atomic E-state index is 0.972. The van der Waals surface area contributed by atoms with Crippen LogP contribution in [-0.4, -0.2) is 6.54 Å². The van der Waals surface area contributed by atoms with Gasteiger partial charge in [0.05, 0.1) is 0 Å². The fraction of sp³-hybridized carbons (Fsp3) is 0.167. The van der Waals surface area contributed by atoms with Crippen LogP contribution in [0.2, 0.25) is 0 Å². The Kier molecular flexibility index (Phi) is 2.17. The fourth-order valence-electron chi connectivity index (χ4n) is 1.40. The molecule has 13 heavy (non-hydrogen) atoms. The average Bonchev–Trinajstić information content (AvgIpc) is 2.20. The second-order valence-corrected chi connectivity index (χ2v) is 3.26. The average molecular weight is 171 g/mol. The van der Waals surface area contributed by atoms with Crippen molar-refractivity contribution in [3.05, 3.63) is 54.3 Å². The third kappa shape index (κ3) is 1.81. The van der Waals surface area contributed by atoms with E-state index in [-0.39, 0.29) is 0 Å². The Bertz CT molecular complexity index is 333. The predicted molar refractivity (Wildman–Crippen MR) is 56.8 cm³/mol. The van der Waals surface area contributed by atoms with Crippen molar-refractivity contribution < 1.29 is 0 Å². The van der Waals surface area contributed by atoms with Crippen molar-refractivity contribution in [2.75, 3.05) is 11.4 Å². The number of hydrogen-bond acceptors (Lipinski definition) is 1. The van der Waals surface area contributed by atoms with Crippen LogP contribution in [-0.2, 0) is 0 Å². The normalized spacial score (nSPS) is 15.0. The van der Waals surface area contributed by atoms with Gasteiger partial charge < -0.3 is 4.90 Å². The minimum Gasteiger partial charge on any atom is -0.344 e. The summed E-state index contributed by atoms with van der Waals surface area (Å²) in [5.41, 5.74) is 2.56. The Morgan fingerprint density at radius 3 is 2.46 bits per heavy atom. The summed E-state index contributed by atoms with van der Waals surface area (Å²) in [7, 11) is 0. The molecule has 1 heteroatoms. The molecule has 0 bridgehead atoms. The second kappa shape index (κ2) is 3.48. The quantitative estimate of drug-likeness (QED) is 0.628. The van der Waals surface area contributed by atoms with Crippen molar-refractivity contribution in [3.63, 3.8) is 0 Å². The van der Waals surface area contributed by atoms with E-state index in [2.05, 4.69) is 60.5 Å². The van der Waals surface area contributed by atoms with Gasteiger partial charge in [-0.3, -0.25) is 0 Å². The summed E-state index contributed by atoms with van der Waals surface area (Å²) in [6.07, 6.45) is 8.39. The standard InChI is InChI=1S/C12H13N/c1-11-5-7-12(8-6-11)13-9-3-2-4-10-13/h2-9H,10H2,1H3. The molecule has 0 aromatic heterocycles. The largest absolute Gasteiger partial charge is 0.344 e. The molecule has 1 aromatic carbocycles. The van der Waals surface area contributed by atoms with Gasteiger partial charge in [0, 0.05) is 18.4 Å². The number of rotatable bonds is 1. The first kappa shape index (κ1) is 8.11. The molecule has 0 spiro atoms. The maximum atomic E-state index is 2.22. The molecule has 0 atom stereocenters. The molecular formula is C12H13N. The highest BCUT2D eigenvalue weighted by molar-refractivity contribution is 5.52. The molecule has 0 saturated heterocycles. The van der Waals surface area contributed by atoms with Crippen LogP contribution in [0.1, 0.15) is 5.56 Å². The first-order valence-electron chi connectivity index (χ1n) is 4.53. The Labute approximate surface area is 79.0 Å². The van der Waals surface area contributed by atoms with Crippen LogP contribution < -0.4 is 4.90 Å². The number of anilines is 1. The van der Waals surface area contributed by atoms with E-state index in [4.69, 9.17) is 0 Å². The summed E-state index contributed by atoms with van der Waals surface area (Å²) < 4.78 is 0. The van der Waals surface area contributed by atoms with Gasteiger partial charge in [-0.2, -0.15) is 0 Å². The smallest absolute Gasteiger partial charge is 0.0409 e. The van der Waals surface area contributed by atoms with Gasteiger partial charge in [-0.15, -0.1) is 0 Å². The van der Waals surface area contributed by atoms with E-state index in [0.717, 1.165) is 6.54 Å². The molecule has 0 aliphatic carbocycles. The van der Waals surface area contributed by atoms with Crippen LogP contribution in [0.3, 0.4) is 0 Å². The van der Waals surface area contributed by atoms with Crippen LogP contribution in [0, 0.1) is 6.92 Å². The molecule has 1 nitrogen and oxygen atoms in total. The lowest BCUT2D eigenvalue weighted by Crippen LogP contribution is -2.17. The molecule has 1 aliphatic rings. The van der Waals surface area contributed by atoms with Gasteiger partial charge in [0.15, 0.2) is 0 Å². The Hall–Kier alpha value is -1.50. The van der Waals surface area contributed by atoms with Crippen molar-refractivity contribution in [2.24, 2.45) is 0 Å². The molecule has 1 aliphatic heterocycles. The Balaban J connectivity index is 2.21. The van der Waals surface area contributed by atoms with E-state index >= 15 is 0 Å². The fourth-order valence-corrected chi connectivity index (χ4v) is 1.40. The van der Waals surface area contributed by atoms with Crippen molar-refractivity contribution in [2.45, 2.75) is 6.92 Å². The third-order valence-electron chi connectivity index (χ3n) is 2.18. The van der Waals surface area contributed by atoms with E-state index in [1.54, 1.807) is 0 Å². The van der Waals surface area contributed by atoms with Gasteiger partial charge in [0.25, 0.3) is 0 Å². The Morgan fingerprint density at radius 1 is 1.08 bits per heavy atom. The maximum absolute atomic E-state index is 2.22. The molecule has 0 unspecified atom stereocenters. The van der Waals surface area contributed by atoms with Crippen LogP contribution in [0.5, 0.6) is 0 Å². The molecule has 66 valence electrons. The van der Waals surface area contributed by atoms with Gasteiger partial charge in [0.1, 0.15) is 0 Å². The molecule has 0 radical (unpaired) electrons. The van der Waals surface area contributed by atoms with Crippen LogP contribution in [0.4, 0.5) is 5.69 Å². The second-order valence-electron chi connectivity index (χ2n) is 3.26. The zero-order chi connectivity index (χ0) is 9.10. The van der Waals surface area contributed by atoms with Crippen molar-refractivity contribution in [1.82, 2.24) is 0 Å². The summed E-state index contributed by atoms with van der Waals surface area (Å²) in [4.78, 5) is 2.22. The van der Waals surface area contributed by atoms with E-state index < -0.39 is 0 Å². The Morgan fingerprint density at radius 2 is 1.85 bits per heavy atom. The van der Waals surface area contributed by atoms with Gasteiger partial charge in [-0.25, -0.2) is 0 Å². The number of benzene rings is 1. The van der Waals surface area contributed by atoms with Gasteiger partial charge >= 0.3 is 0 Å². The minimum atomic E-state index is 0.972. The highest BCUT2D eigenvalue weighted by atomic mass is 15.1. The monoisotopic (exact) mass is 171 g/mol. The topological polar surface area (TPSA) is 3.24 Å². The summed E-state index contributed by atoms with van der Waals surface area (Å²) in [6.45, 7) is 3.08.